The molecule has 2 N–H and O–H groups in total. The van der Waals surface area contributed by atoms with E-state index in [-0.39, 0.29) is 16.6 Å². The molecule has 3 aromatic rings. The number of nitro groups is 1. The van der Waals surface area contributed by atoms with Crippen molar-refractivity contribution >= 4 is 28.9 Å². The molecule has 0 saturated heterocycles. The van der Waals surface area contributed by atoms with E-state index in [9.17, 15) is 14.9 Å². The highest BCUT2D eigenvalue weighted by Crippen LogP contribution is 2.25. The van der Waals surface area contributed by atoms with Crippen molar-refractivity contribution in [2.24, 2.45) is 0 Å². The summed E-state index contributed by atoms with van der Waals surface area (Å²) >= 11 is 5.12. The summed E-state index contributed by atoms with van der Waals surface area (Å²) < 4.78 is 5.51. The summed E-state index contributed by atoms with van der Waals surface area (Å²) in [7, 11) is 0. The Kier molecular flexibility index (Phi) is 5.58. The molecule has 0 aliphatic carbocycles. The summed E-state index contributed by atoms with van der Waals surface area (Å²) in [6.45, 7) is 0.483. The van der Waals surface area contributed by atoms with Crippen LogP contribution in [0.3, 0.4) is 0 Å². The molecule has 0 saturated carbocycles. The van der Waals surface area contributed by atoms with Gasteiger partial charge in [0.2, 0.25) is 0 Å². The molecule has 7 nitrogen and oxygen atoms in total. The van der Waals surface area contributed by atoms with Gasteiger partial charge in [-0.15, -0.1) is 0 Å². The van der Waals surface area contributed by atoms with Crippen LogP contribution in [0.2, 0.25) is 0 Å². The number of nitrogens with one attached hydrogen (secondary N) is 2. The lowest BCUT2D eigenvalue weighted by atomic mass is 10.1. The molecule has 1 heterocycles. The third-order valence-corrected chi connectivity index (χ3v) is 3.94. The predicted molar refractivity (Wildman–Crippen MR) is 104 cm³/mol. The van der Waals surface area contributed by atoms with E-state index in [1.54, 1.807) is 18.2 Å². The normalized spacial score (nSPS) is 10.2. The first kappa shape index (κ1) is 18.3. The van der Waals surface area contributed by atoms with Crippen LogP contribution in [-0.2, 0) is 6.54 Å². The molecule has 0 aliphatic rings. The van der Waals surface area contributed by atoms with Crippen molar-refractivity contribution < 1.29 is 14.1 Å². The van der Waals surface area contributed by atoms with Gasteiger partial charge in [-0.05, 0) is 29.9 Å². The summed E-state index contributed by atoms with van der Waals surface area (Å²) in [4.78, 5) is 22.6. The van der Waals surface area contributed by atoms with Crippen molar-refractivity contribution in [1.82, 2.24) is 10.6 Å². The number of furan rings is 1. The van der Waals surface area contributed by atoms with Crippen LogP contribution in [0.25, 0.3) is 11.3 Å². The maximum atomic E-state index is 12.2. The number of nitro benzene ring substituents is 1. The van der Waals surface area contributed by atoms with E-state index in [2.05, 4.69) is 10.6 Å². The number of rotatable bonds is 5. The number of carbonyl (C=O) groups is 1. The van der Waals surface area contributed by atoms with Gasteiger partial charge >= 0.3 is 0 Å². The van der Waals surface area contributed by atoms with Crippen molar-refractivity contribution in [2.75, 3.05) is 0 Å². The molecular weight excluding hydrogens is 366 g/mol. The minimum absolute atomic E-state index is 0.0545. The van der Waals surface area contributed by atoms with Gasteiger partial charge in [0.1, 0.15) is 5.76 Å². The molecule has 2 aromatic carbocycles. The lowest BCUT2D eigenvalue weighted by Crippen LogP contribution is -2.38. The molecule has 0 spiro atoms. The van der Waals surface area contributed by atoms with Crippen molar-refractivity contribution in [2.45, 2.75) is 6.54 Å². The fourth-order valence-corrected chi connectivity index (χ4v) is 2.54. The first-order valence-electron chi connectivity index (χ1n) is 8.01. The standard InChI is InChI=1S/C19H15N3O4S/c23-18(21-19(27)20-12-13-5-2-1-3-6-13)17-10-9-16(26-17)14-7-4-8-15(11-14)22(24)25/h1-11H,12H2,(H2,20,21,23,27). The fraction of sp³-hybridized carbons (Fsp3) is 0.0526. The van der Waals surface area contributed by atoms with Crippen LogP contribution in [0, 0.1) is 10.1 Å². The number of thiocarbonyl (C=S) groups is 1. The molecule has 0 unspecified atom stereocenters. The Morgan fingerprint density at radius 1 is 1.07 bits per heavy atom. The van der Waals surface area contributed by atoms with Gasteiger partial charge in [0.25, 0.3) is 11.6 Å². The summed E-state index contributed by atoms with van der Waals surface area (Å²) in [6.07, 6.45) is 0. The van der Waals surface area contributed by atoms with E-state index in [4.69, 9.17) is 16.6 Å². The van der Waals surface area contributed by atoms with Gasteiger partial charge in [-0.3, -0.25) is 20.2 Å². The van der Waals surface area contributed by atoms with Gasteiger partial charge in [0, 0.05) is 24.2 Å². The number of benzene rings is 2. The molecule has 8 heteroatoms. The molecule has 3 rings (SSSR count). The van der Waals surface area contributed by atoms with Crippen LogP contribution >= 0.6 is 12.2 Å². The molecule has 0 bridgehead atoms. The Labute approximate surface area is 160 Å². The van der Waals surface area contributed by atoms with Gasteiger partial charge in [0.15, 0.2) is 10.9 Å². The predicted octanol–water partition coefficient (Wildman–Crippen LogP) is 3.66. The SMILES string of the molecule is O=C(NC(=S)NCc1ccccc1)c1ccc(-c2cccc([N+](=O)[O-])c2)o1. The molecule has 0 atom stereocenters. The zero-order chi connectivity index (χ0) is 19.2. The second-order valence-electron chi connectivity index (χ2n) is 5.59. The number of non-ortho nitro benzene ring substituents is 1. The van der Waals surface area contributed by atoms with Gasteiger partial charge < -0.3 is 9.73 Å². The summed E-state index contributed by atoms with van der Waals surface area (Å²) in [5.74, 6) is -0.0929. The van der Waals surface area contributed by atoms with Crippen LogP contribution in [0.5, 0.6) is 0 Å². The first-order valence-corrected chi connectivity index (χ1v) is 8.41. The molecule has 0 fully saturated rings. The van der Waals surface area contributed by atoms with Crippen LogP contribution in [-0.4, -0.2) is 15.9 Å². The highest BCUT2D eigenvalue weighted by atomic mass is 32.1. The maximum Gasteiger partial charge on any atom is 0.293 e. The third-order valence-electron chi connectivity index (χ3n) is 3.69. The van der Waals surface area contributed by atoms with Crippen LogP contribution in [0.15, 0.2) is 71.1 Å². The van der Waals surface area contributed by atoms with E-state index < -0.39 is 10.8 Å². The van der Waals surface area contributed by atoms with E-state index in [1.165, 1.54) is 18.2 Å². The Morgan fingerprint density at radius 3 is 2.59 bits per heavy atom. The fourth-order valence-electron chi connectivity index (χ4n) is 2.37. The monoisotopic (exact) mass is 381 g/mol. The van der Waals surface area contributed by atoms with Crippen LogP contribution in [0.4, 0.5) is 5.69 Å². The lowest BCUT2D eigenvalue weighted by Gasteiger charge is -2.08. The van der Waals surface area contributed by atoms with Crippen molar-refractivity contribution in [3.8, 4) is 11.3 Å². The smallest absolute Gasteiger partial charge is 0.293 e. The van der Waals surface area contributed by atoms with Crippen molar-refractivity contribution in [3.63, 3.8) is 0 Å². The van der Waals surface area contributed by atoms with E-state index in [1.807, 2.05) is 30.3 Å². The lowest BCUT2D eigenvalue weighted by molar-refractivity contribution is -0.384. The molecule has 27 heavy (non-hydrogen) atoms. The molecular formula is C19H15N3O4S. The van der Waals surface area contributed by atoms with E-state index >= 15 is 0 Å². The number of amides is 1. The minimum atomic E-state index is -0.503. The average molecular weight is 381 g/mol. The molecule has 0 radical (unpaired) electrons. The molecule has 1 amide bonds. The number of hydrogen-bond acceptors (Lipinski definition) is 5. The number of nitrogens with zero attached hydrogens (tertiary/aromatic N) is 1. The highest BCUT2D eigenvalue weighted by Gasteiger charge is 2.15. The van der Waals surface area contributed by atoms with Gasteiger partial charge in [-0.1, -0.05) is 42.5 Å². The topological polar surface area (TPSA) is 97.4 Å². The summed E-state index contributed by atoms with van der Waals surface area (Å²) in [6, 6.07) is 18.7. The Morgan fingerprint density at radius 2 is 1.85 bits per heavy atom. The van der Waals surface area contributed by atoms with E-state index in [0.29, 0.717) is 17.9 Å². The largest absolute Gasteiger partial charge is 0.451 e. The Balaban J connectivity index is 1.62. The maximum absolute atomic E-state index is 12.2. The zero-order valence-corrected chi connectivity index (χ0v) is 14.9. The van der Waals surface area contributed by atoms with Crippen LogP contribution in [0.1, 0.15) is 16.1 Å². The zero-order valence-electron chi connectivity index (χ0n) is 14.0. The summed E-state index contributed by atoms with van der Waals surface area (Å²) in [5.41, 5.74) is 1.48. The number of carbonyl (C=O) groups excluding carboxylic acids is 1. The first-order chi connectivity index (χ1) is 13.0. The Bertz CT molecular complexity index is 985. The Hall–Kier alpha value is -3.52. The molecule has 136 valence electrons. The van der Waals surface area contributed by atoms with Gasteiger partial charge in [0.05, 0.1) is 4.92 Å². The minimum Gasteiger partial charge on any atom is -0.451 e. The molecule has 0 aliphatic heterocycles. The van der Waals surface area contributed by atoms with Crippen molar-refractivity contribution in [1.29, 1.82) is 0 Å². The van der Waals surface area contributed by atoms with Gasteiger partial charge in [-0.2, -0.15) is 0 Å². The number of hydrogen-bond donors (Lipinski definition) is 2. The van der Waals surface area contributed by atoms with Gasteiger partial charge in [-0.25, -0.2) is 0 Å². The molecule has 1 aromatic heterocycles. The van der Waals surface area contributed by atoms with Crippen LogP contribution < -0.4 is 10.6 Å². The van der Waals surface area contributed by atoms with Crippen molar-refractivity contribution in [3.05, 3.63) is 88.2 Å². The van der Waals surface area contributed by atoms with E-state index in [0.717, 1.165) is 5.56 Å². The highest BCUT2D eigenvalue weighted by molar-refractivity contribution is 7.80. The second-order valence-corrected chi connectivity index (χ2v) is 6.00. The summed E-state index contributed by atoms with van der Waals surface area (Å²) in [5, 5.41) is 16.5. The third kappa shape index (κ3) is 4.77. The average Bonchev–Trinajstić information content (AvgIpc) is 3.18. The quantitative estimate of drug-likeness (QED) is 0.398. The second kappa shape index (κ2) is 8.24.